The number of carbonyl (C=O) groups is 2. The molecule has 0 aliphatic rings. The van der Waals surface area contributed by atoms with E-state index >= 15 is 0 Å². The van der Waals surface area contributed by atoms with Gasteiger partial charge in [0.15, 0.2) is 5.75 Å². The number of rotatable bonds is 4. The van der Waals surface area contributed by atoms with Gasteiger partial charge in [-0.3, -0.25) is 4.89 Å². The van der Waals surface area contributed by atoms with Gasteiger partial charge < -0.3 is 15.3 Å². The molecule has 0 aromatic heterocycles. The minimum Gasteiger partial charge on any atom is -0.507 e. The van der Waals surface area contributed by atoms with Crippen molar-refractivity contribution in [1.29, 1.82) is 0 Å². The van der Waals surface area contributed by atoms with Gasteiger partial charge >= 0.3 is 11.9 Å². The summed E-state index contributed by atoms with van der Waals surface area (Å²) in [6, 6.07) is 8.89. The Balaban J connectivity index is 2.13. The Bertz CT molecular complexity index is 693. The Kier molecular flexibility index (Phi) is 3.94. The fraction of sp³-hybridized carbons (Fsp3) is 0. The van der Waals surface area contributed by atoms with E-state index in [4.69, 9.17) is 5.11 Å². The first-order valence-corrected chi connectivity index (χ1v) is 5.72. The van der Waals surface area contributed by atoms with Crippen molar-refractivity contribution in [3.05, 3.63) is 53.6 Å². The number of carbonyl (C=O) groups excluding carboxylic acids is 1. The van der Waals surface area contributed by atoms with Crippen LogP contribution < -0.4 is 4.89 Å². The van der Waals surface area contributed by atoms with Crippen LogP contribution in [0.5, 0.6) is 17.2 Å². The molecule has 21 heavy (non-hydrogen) atoms. The number of hydrogen-bond acceptors (Lipinski definition) is 6. The molecule has 0 unspecified atom stereocenters. The summed E-state index contributed by atoms with van der Waals surface area (Å²) in [6.07, 6.45) is 0. The van der Waals surface area contributed by atoms with Crippen LogP contribution in [0.1, 0.15) is 20.7 Å². The Morgan fingerprint density at radius 2 is 1.67 bits per heavy atom. The molecule has 2 aromatic carbocycles. The number of phenolic OH excluding ortho intramolecular Hbond substituents is 2. The molecule has 0 aliphatic heterocycles. The molecule has 2 rings (SSSR count). The maximum Gasteiger partial charge on any atom is 0.389 e. The van der Waals surface area contributed by atoms with E-state index in [1.165, 1.54) is 24.3 Å². The van der Waals surface area contributed by atoms with Gasteiger partial charge in [0.1, 0.15) is 11.3 Å². The highest BCUT2D eigenvalue weighted by Gasteiger charge is 2.16. The molecule has 0 bridgehead atoms. The van der Waals surface area contributed by atoms with Crippen molar-refractivity contribution in [1.82, 2.24) is 0 Å². The topological polar surface area (TPSA) is 113 Å². The fourth-order valence-corrected chi connectivity index (χ4v) is 1.49. The lowest BCUT2D eigenvalue weighted by Gasteiger charge is -2.07. The van der Waals surface area contributed by atoms with Gasteiger partial charge in [-0.15, -0.1) is 0 Å². The van der Waals surface area contributed by atoms with Crippen LogP contribution in [0.2, 0.25) is 0 Å². The van der Waals surface area contributed by atoms with Crippen LogP contribution in [0.15, 0.2) is 42.5 Å². The van der Waals surface area contributed by atoms with E-state index in [9.17, 15) is 19.8 Å². The van der Waals surface area contributed by atoms with Gasteiger partial charge in [-0.1, -0.05) is 12.1 Å². The van der Waals surface area contributed by atoms with Crippen molar-refractivity contribution in [2.24, 2.45) is 0 Å². The van der Waals surface area contributed by atoms with E-state index in [0.717, 1.165) is 18.2 Å². The minimum absolute atomic E-state index is 0.133. The smallest absolute Gasteiger partial charge is 0.389 e. The summed E-state index contributed by atoms with van der Waals surface area (Å²) in [5.74, 6) is -3.25. The molecule has 0 radical (unpaired) electrons. The minimum atomic E-state index is -1.23. The Labute approximate surface area is 118 Å². The molecule has 0 aliphatic carbocycles. The number of hydrogen-bond donors (Lipinski definition) is 3. The van der Waals surface area contributed by atoms with Gasteiger partial charge in [0.2, 0.25) is 5.75 Å². The number of carboxylic acid groups (broad SMARTS) is 1. The fourth-order valence-electron chi connectivity index (χ4n) is 1.49. The van der Waals surface area contributed by atoms with Crippen LogP contribution in [-0.2, 0) is 4.89 Å². The summed E-state index contributed by atoms with van der Waals surface area (Å²) in [5.41, 5.74) is -0.284. The van der Waals surface area contributed by atoms with Gasteiger partial charge in [-0.05, 0) is 24.3 Å². The Hall–Kier alpha value is -3.22. The zero-order valence-corrected chi connectivity index (χ0v) is 10.5. The maximum atomic E-state index is 11.7. The summed E-state index contributed by atoms with van der Waals surface area (Å²) >= 11 is 0. The number of aromatic hydroxyl groups is 2. The largest absolute Gasteiger partial charge is 0.507 e. The molecule has 7 heteroatoms. The molecule has 3 N–H and O–H groups in total. The second kappa shape index (κ2) is 5.83. The Morgan fingerprint density at radius 1 is 0.952 bits per heavy atom. The van der Waals surface area contributed by atoms with Gasteiger partial charge in [0, 0.05) is 6.07 Å². The second-order valence-electron chi connectivity index (χ2n) is 3.96. The highest BCUT2D eigenvalue weighted by molar-refractivity contribution is 5.92. The van der Waals surface area contributed by atoms with E-state index in [1.54, 1.807) is 0 Å². The van der Waals surface area contributed by atoms with Crippen LogP contribution in [0, 0.1) is 0 Å². The van der Waals surface area contributed by atoms with Crippen LogP contribution >= 0.6 is 0 Å². The number of carboxylic acids is 1. The van der Waals surface area contributed by atoms with Gasteiger partial charge in [-0.25, -0.2) is 14.5 Å². The third-order valence-electron chi connectivity index (χ3n) is 2.54. The molecule has 7 nitrogen and oxygen atoms in total. The SMILES string of the molecule is O=C(O)c1ccc(O)c(OOC(=O)c2ccccc2O)c1. The first kappa shape index (κ1) is 14.2. The highest BCUT2D eigenvalue weighted by Crippen LogP contribution is 2.27. The summed E-state index contributed by atoms with van der Waals surface area (Å²) in [4.78, 5) is 31.5. The second-order valence-corrected chi connectivity index (χ2v) is 3.96. The molecular formula is C14H10O7. The van der Waals surface area contributed by atoms with Crippen LogP contribution in [0.3, 0.4) is 0 Å². The predicted molar refractivity (Wildman–Crippen MR) is 69.2 cm³/mol. The maximum absolute atomic E-state index is 11.7. The first-order valence-electron chi connectivity index (χ1n) is 5.72. The van der Waals surface area contributed by atoms with Crippen molar-refractivity contribution in [2.75, 3.05) is 0 Å². The normalized spacial score (nSPS) is 9.90. The molecule has 0 fully saturated rings. The average molecular weight is 290 g/mol. The lowest BCUT2D eigenvalue weighted by atomic mass is 10.2. The molecule has 0 saturated carbocycles. The molecule has 0 heterocycles. The van der Waals surface area contributed by atoms with Gasteiger partial charge in [-0.2, -0.15) is 0 Å². The standard InChI is InChI=1S/C14H10O7/c15-10-4-2-1-3-9(10)14(19)21-20-12-7-8(13(17)18)5-6-11(12)16/h1-7,15-16H,(H,17,18). The third-order valence-corrected chi connectivity index (χ3v) is 2.54. The first-order chi connectivity index (χ1) is 9.99. The molecule has 2 aromatic rings. The summed E-state index contributed by atoms with van der Waals surface area (Å²) in [7, 11) is 0. The van der Waals surface area contributed by atoms with Crippen LogP contribution in [-0.4, -0.2) is 27.3 Å². The van der Waals surface area contributed by atoms with E-state index in [-0.39, 0.29) is 22.6 Å². The van der Waals surface area contributed by atoms with E-state index < -0.39 is 17.7 Å². The summed E-state index contributed by atoms with van der Waals surface area (Å²) in [6.45, 7) is 0. The lowest BCUT2D eigenvalue weighted by Crippen LogP contribution is -2.09. The quantitative estimate of drug-likeness (QED) is 0.582. The Morgan fingerprint density at radius 3 is 2.33 bits per heavy atom. The predicted octanol–water partition coefficient (Wildman–Crippen LogP) is 1.95. The van der Waals surface area contributed by atoms with Crippen molar-refractivity contribution < 1.29 is 34.7 Å². The number of para-hydroxylation sites is 1. The van der Waals surface area contributed by atoms with Crippen molar-refractivity contribution in [3.63, 3.8) is 0 Å². The average Bonchev–Trinajstić information content (AvgIpc) is 2.46. The lowest BCUT2D eigenvalue weighted by molar-refractivity contribution is -0.150. The summed E-state index contributed by atoms with van der Waals surface area (Å²) < 4.78 is 0. The monoisotopic (exact) mass is 290 g/mol. The zero-order valence-electron chi connectivity index (χ0n) is 10.5. The van der Waals surface area contributed by atoms with Crippen molar-refractivity contribution >= 4 is 11.9 Å². The molecule has 108 valence electrons. The van der Waals surface area contributed by atoms with E-state index in [2.05, 4.69) is 9.78 Å². The molecule has 0 spiro atoms. The van der Waals surface area contributed by atoms with Gasteiger partial charge in [0.25, 0.3) is 0 Å². The molecule has 0 amide bonds. The van der Waals surface area contributed by atoms with E-state index in [0.29, 0.717) is 0 Å². The summed E-state index contributed by atoms with van der Waals surface area (Å²) in [5, 5.41) is 27.8. The van der Waals surface area contributed by atoms with Gasteiger partial charge in [0.05, 0.1) is 5.56 Å². The van der Waals surface area contributed by atoms with E-state index in [1.807, 2.05) is 0 Å². The van der Waals surface area contributed by atoms with Crippen molar-refractivity contribution in [3.8, 4) is 17.2 Å². The number of phenols is 2. The third kappa shape index (κ3) is 3.21. The highest BCUT2D eigenvalue weighted by atomic mass is 17.2. The molecule has 0 atom stereocenters. The molecular weight excluding hydrogens is 280 g/mol. The van der Waals surface area contributed by atoms with Crippen LogP contribution in [0.4, 0.5) is 0 Å². The number of aromatic carboxylic acids is 1. The zero-order chi connectivity index (χ0) is 15.4. The molecule has 0 saturated heterocycles. The van der Waals surface area contributed by atoms with Crippen LogP contribution in [0.25, 0.3) is 0 Å². The number of benzene rings is 2. The van der Waals surface area contributed by atoms with Crippen molar-refractivity contribution in [2.45, 2.75) is 0 Å².